The van der Waals surface area contributed by atoms with E-state index in [0.29, 0.717) is 31.7 Å². The van der Waals surface area contributed by atoms with Crippen molar-refractivity contribution in [1.82, 2.24) is 9.99 Å². The first-order valence-corrected chi connectivity index (χ1v) is 14.2. The summed E-state index contributed by atoms with van der Waals surface area (Å²) in [7, 11) is -4.41. The number of hydrazone groups is 1. The standard InChI is InChI=1S/C28H23Cl2F3N4O3S/c1-18-13-20(19(2)37(18)26-12-11-22(29)15-25(26)30)16-34-35-27(38)17-36(41(39,40)24-9-4-3-5-10-24)23-8-6-7-21(14-23)28(31,32)33/h3-16H,17H2,1-2H3,(H,35,38)/b34-16-. The van der Waals surface area contributed by atoms with E-state index in [1.54, 1.807) is 24.3 Å². The van der Waals surface area contributed by atoms with E-state index in [1.807, 2.05) is 24.5 Å². The lowest BCUT2D eigenvalue weighted by Crippen LogP contribution is -2.39. The number of hydrogen-bond donors (Lipinski definition) is 1. The van der Waals surface area contributed by atoms with Crippen molar-refractivity contribution in [2.75, 3.05) is 10.8 Å². The highest BCUT2D eigenvalue weighted by atomic mass is 35.5. The van der Waals surface area contributed by atoms with Crippen molar-refractivity contribution >= 4 is 51.0 Å². The zero-order valence-electron chi connectivity index (χ0n) is 21.7. The topological polar surface area (TPSA) is 83.8 Å². The van der Waals surface area contributed by atoms with Gasteiger partial charge in [0.05, 0.1) is 33.1 Å². The summed E-state index contributed by atoms with van der Waals surface area (Å²) in [6.45, 7) is 2.85. The number of carbonyl (C=O) groups is 1. The number of hydrogen-bond acceptors (Lipinski definition) is 4. The van der Waals surface area contributed by atoms with Gasteiger partial charge in [-0.25, -0.2) is 13.8 Å². The van der Waals surface area contributed by atoms with Gasteiger partial charge in [-0.2, -0.15) is 18.3 Å². The summed E-state index contributed by atoms with van der Waals surface area (Å²) in [6.07, 6.45) is -3.34. The lowest BCUT2D eigenvalue weighted by Gasteiger charge is -2.24. The van der Waals surface area contributed by atoms with Crippen LogP contribution in [0.4, 0.5) is 18.9 Å². The van der Waals surface area contributed by atoms with E-state index >= 15 is 0 Å². The van der Waals surface area contributed by atoms with Crippen LogP contribution >= 0.6 is 23.2 Å². The smallest absolute Gasteiger partial charge is 0.316 e. The lowest BCUT2D eigenvalue weighted by atomic mass is 10.2. The Balaban J connectivity index is 1.59. The van der Waals surface area contributed by atoms with Crippen molar-refractivity contribution in [2.45, 2.75) is 24.9 Å². The number of nitrogens with zero attached hydrogens (tertiary/aromatic N) is 3. The molecule has 3 aromatic carbocycles. The SMILES string of the molecule is Cc1cc(/C=N\NC(=O)CN(c2cccc(C(F)(F)F)c2)S(=O)(=O)c2ccccc2)c(C)n1-c1ccc(Cl)cc1Cl. The largest absolute Gasteiger partial charge is 0.416 e. The second-order valence-electron chi connectivity index (χ2n) is 8.92. The Morgan fingerprint density at radius 3 is 2.37 bits per heavy atom. The van der Waals surface area contributed by atoms with Crippen LogP contribution in [-0.2, 0) is 21.0 Å². The molecule has 0 aliphatic rings. The van der Waals surface area contributed by atoms with Gasteiger partial charge in [0.15, 0.2) is 0 Å². The van der Waals surface area contributed by atoms with Crippen molar-refractivity contribution < 1.29 is 26.4 Å². The van der Waals surface area contributed by atoms with Crippen molar-refractivity contribution in [2.24, 2.45) is 5.10 Å². The van der Waals surface area contributed by atoms with E-state index < -0.39 is 34.2 Å². The second-order valence-corrected chi connectivity index (χ2v) is 11.6. The van der Waals surface area contributed by atoms with Gasteiger partial charge in [-0.3, -0.25) is 9.10 Å². The summed E-state index contributed by atoms with van der Waals surface area (Å²) in [6, 6.07) is 17.7. The van der Waals surface area contributed by atoms with Crippen LogP contribution in [-0.4, -0.2) is 31.7 Å². The molecule has 0 saturated carbocycles. The van der Waals surface area contributed by atoms with Crippen LogP contribution < -0.4 is 9.73 Å². The molecular weight excluding hydrogens is 600 g/mol. The van der Waals surface area contributed by atoms with E-state index in [2.05, 4.69) is 10.5 Å². The molecule has 214 valence electrons. The quantitative estimate of drug-likeness (QED) is 0.174. The molecule has 0 fully saturated rings. The molecule has 0 aliphatic heterocycles. The number of alkyl halides is 3. The molecule has 0 bridgehead atoms. The van der Waals surface area contributed by atoms with E-state index in [0.717, 1.165) is 23.5 Å². The Bertz CT molecular complexity index is 1720. The molecule has 0 unspecified atom stereocenters. The fourth-order valence-corrected chi connectivity index (χ4v) is 6.09. The maximum atomic E-state index is 13.4. The molecule has 0 radical (unpaired) electrons. The molecule has 1 N–H and O–H groups in total. The second kappa shape index (κ2) is 12.0. The average Bonchev–Trinajstić information content (AvgIpc) is 3.20. The molecule has 0 saturated heterocycles. The molecule has 1 heterocycles. The Kier molecular flexibility index (Phi) is 8.81. The first-order valence-electron chi connectivity index (χ1n) is 12.0. The number of anilines is 1. The number of aryl methyl sites for hydroxylation is 1. The van der Waals surface area contributed by atoms with Crippen LogP contribution in [0.15, 0.2) is 88.9 Å². The summed E-state index contributed by atoms with van der Waals surface area (Å²) in [5.41, 5.74) is 3.79. The number of amides is 1. The number of halogens is 5. The number of benzene rings is 3. The summed E-state index contributed by atoms with van der Waals surface area (Å²) in [5.74, 6) is -0.868. The number of nitrogens with one attached hydrogen (secondary N) is 1. The molecule has 0 aliphatic carbocycles. The molecule has 4 rings (SSSR count). The Labute approximate surface area is 244 Å². The van der Waals surface area contributed by atoms with Gasteiger partial charge in [0.2, 0.25) is 0 Å². The highest BCUT2D eigenvalue weighted by Crippen LogP contribution is 2.33. The molecule has 1 aromatic heterocycles. The van der Waals surface area contributed by atoms with Crippen LogP contribution in [0.2, 0.25) is 10.0 Å². The van der Waals surface area contributed by atoms with Crippen molar-refractivity contribution in [3.8, 4) is 5.69 Å². The van der Waals surface area contributed by atoms with E-state index in [9.17, 15) is 26.4 Å². The Hall–Kier alpha value is -3.80. The predicted molar refractivity (Wildman–Crippen MR) is 153 cm³/mol. The normalized spacial score (nSPS) is 12.1. The number of aromatic nitrogens is 1. The van der Waals surface area contributed by atoms with Gasteiger partial charge in [0.25, 0.3) is 15.9 Å². The Morgan fingerprint density at radius 1 is 1.00 bits per heavy atom. The molecule has 0 spiro atoms. The maximum Gasteiger partial charge on any atom is 0.416 e. The molecule has 0 atom stereocenters. The van der Waals surface area contributed by atoms with Gasteiger partial charge in [0.1, 0.15) is 6.54 Å². The Morgan fingerprint density at radius 2 is 1.71 bits per heavy atom. The van der Waals surface area contributed by atoms with Crippen molar-refractivity contribution in [3.63, 3.8) is 0 Å². The summed E-state index contributed by atoms with van der Waals surface area (Å²) >= 11 is 12.4. The van der Waals surface area contributed by atoms with Crippen LogP contribution in [0, 0.1) is 13.8 Å². The summed E-state index contributed by atoms with van der Waals surface area (Å²) in [4.78, 5) is 12.7. The van der Waals surface area contributed by atoms with Crippen LogP contribution in [0.5, 0.6) is 0 Å². The number of rotatable bonds is 8. The summed E-state index contributed by atoms with van der Waals surface area (Å²) in [5, 5.41) is 4.87. The van der Waals surface area contributed by atoms with E-state index in [4.69, 9.17) is 23.2 Å². The fourth-order valence-electron chi connectivity index (χ4n) is 4.16. The zero-order chi connectivity index (χ0) is 29.9. The molecule has 13 heteroatoms. The van der Waals surface area contributed by atoms with Crippen LogP contribution in [0.3, 0.4) is 0 Å². The lowest BCUT2D eigenvalue weighted by molar-refractivity contribution is -0.137. The highest BCUT2D eigenvalue weighted by molar-refractivity contribution is 7.92. The predicted octanol–water partition coefficient (Wildman–Crippen LogP) is 6.77. The molecule has 1 amide bonds. The minimum Gasteiger partial charge on any atom is -0.316 e. The minimum absolute atomic E-state index is 0.193. The number of sulfonamides is 1. The van der Waals surface area contributed by atoms with Crippen molar-refractivity contribution in [1.29, 1.82) is 0 Å². The maximum absolute atomic E-state index is 13.4. The molecule has 41 heavy (non-hydrogen) atoms. The summed E-state index contributed by atoms with van der Waals surface area (Å²) < 4.78 is 69.4. The third-order valence-corrected chi connectivity index (χ3v) is 8.42. The van der Waals surface area contributed by atoms with Crippen molar-refractivity contribution in [3.05, 3.63) is 111 Å². The zero-order valence-corrected chi connectivity index (χ0v) is 24.0. The average molecular weight is 623 g/mol. The first kappa shape index (κ1) is 30.2. The molecule has 7 nitrogen and oxygen atoms in total. The van der Waals surface area contributed by atoms with Gasteiger partial charge in [-0.05, 0) is 68.4 Å². The van der Waals surface area contributed by atoms with Crippen LogP contribution in [0.25, 0.3) is 5.69 Å². The highest BCUT2D eigenvalue weighted by Gasteiger charge is 2.33. The first-order chi connectivity index (χ1) is 19.3. The van der Waals surface area contributed by atoms with Gasteiger partial charge in [-0.15, -0.1) is 0 Å². The molecular formula is C28H23Cl2F3N4O3S. The van der Waals surface area contributed by atoms with E-state index in [1.165, 1.54) is 36.5 Å². The third-order valence-electron chi connectivity index (χ3n) is 6.09. The monoisotopic (exact) mass is 622 g/mol. The van der Waals surface area contributed by atoms with Gasteiger partial charge in [-0.1, -0.05) is 47.5 Å². The number of carbonyl (C=O) groups excluding carboxylic acids is 1. The fraction of sp³-hybridized carbons (Fsp3) is 0.143. The molecule has 4 aromatic rings. The third kappa shape index (κ3) is 6.75. The minimum atomic E-state index is -4.71. The van der Waals surface area contributed by atoms with Crippen LogP contribution in [0.1, 0.15) is 22.5 Å². The van der Waals surface area contributed by atoms with Gasteiger partial charge < -0.3 is 4.57 Å². The van der Waals surface area contributed by atoms with Gasteiger partial charge in [0, 0.05) is 22.0 Å². The van der Waals surface area contributed by atoms with E-state index in [-0.39, 0.29) is 10.6 Å². The van der Waals surface area contributed by atoms with Gasteiger partial charge >= 0.3 is 6.18 Å².